The lowest BCUT2D eigenvalue weighted by atomic mass is 9.88. The molecule has 1 aliphatic rings. The van der Waals surface area contributed by atoms with Crippen molar-refractivity contribution in [3.8, 4) is 6.07 Å². The van der Waals surface area contributed by atoms with Crippen LogP contribution in [-0.2, 0) is 23.5 Å². The standard InChI is InChI=1S/C19H22N6O2S/c1-14-11-16-4-8-21-25(16)13-17(14)15-5-9-24(10-6-15)28(26,27)19-12-22-23(2)18(19)3-7-20/h4,8,11-13,15H,3,5-6,9-10H2,1-2H3. The first-order valence-electron chi connectivity index (χ1n) is 9.23. The largest absolute Gasteiger partial charge is 0.270 e. The molecule has 1 fully saturated rings. The minimum Gasteiger partial charge on any atom is -0.270 e. The highest BCUT2D eigenvalue weighted by Gasteiger charge is 2.33. The first kappa shape index (κ1) is 18.7. The van der Waals surface area contributed by atoms with Gasteiger partial charge in [0.25, 0.3) is 0 Å². The molecule has 0 saturated carbocycles. The van der Waals surface area contributed by atoms with E-state index in [1.54, 1.807) is 13.2 Å². The van der Waals surface area contributed by atoms with Crippen molar-refractivity contribution in [2.75, 3.05) is 13.1 Å². The summed E-state index contributed by atoms with van der Waals surface area (Å²) in [6.45, 7) is 2.99. The van der Waals surface area contributed by atoms with Crippen LogP contribution in [0.2, 0.25) is 0 Å². The number of pyridine rings is 1. The normalized spacial score (nSPS) is 16.5. The van der Waals surface area contributed by atoms with Crippen molar-refractivity contribution in [3.63, 3.8) is 0 Å². The fourth-order valence-electron chi connectivity index (χ4n) is 3.99. The number of nitrogens with zero attached hydrogens (tertiary/aromatic N) is 6. The van der Waals surface area contributed by atoms with Gasteiger partial charge in [-0.3, -0.25) is 4.68 Å². The van der Waals surface area contributed by atoms with Gasteiger partial charge in [0.1, 0.15) is 4.90 Å². The van der Waals surface area contributed by atoms with E-state index >= 15 is 0 Å². The molecular formula is C19H22N6O2S. The van der Waals surface area contributed by atoms with Gasteiger partial charge in [0.15, 0.2) is 0 Å². The topological polar surface area (TPSA) is 96.3 Å². The number of sulfonamides is 1. The Labute approximate surface area is 164 Å². The highest BCUT2D eigenvalue weighted by Crippen LogP contribution is 2.33. The molecule has 0 aromatic carbocycles. The summed E-state index contributed by atoms with van der Waals surface area (Å²) in [4.78, 5) is 0.143. The SMILES string of the molecule is Cc1cc2ccnn2cc1C1CCN(S(=O)(=O)c2cnn(C)c2CC#N)CC1. The lowest BCUT2D eigenvalue weighted by Gasteiger charge is -2.32. The molecule has 3 aromatic heterocycles. The van der Waals surface area contributed by atoms with E-state index in [1.165, 1.54) is 26.3 Å². The Morgan fingerprint density at radius 2 is 2.04 bits per heavy atom. The van der Waals surface area contributed by atoms with E-state index in [4.69, 9.17) is 5.26 Å². The van der Waals surface area contributed by atoms with Gasteiger partial charge in [-0.15, -0.1) is 0 Å². The van der Waals surface area contributed by atoms with Gasteiger partial charge < -0.3 is 0 Å². The number of piperidine rings is 1. The third-order valence-corrected chi connectivity index (χ3v) is 7.51. The molecule has 0 aliphatic carbocycles. The molecule has 1 aliphatic heterocycles. The number of aromatic nitrogens is 4. The molecule has 0 bridgehead atoms. The van der Waals surface area contributed by atoms with Crippen molar-refractivity contribution in [1.82, 2.24) is 23.7 Å². The monoisotopic (exact) mass is 398 g/mol. The Morgan fingerprint density at radius 1 is 1.29 bits per heavy atom. The molecule has 0 radical (unpaired) electrons. The number of hydrogen-bond donors (Lipinski definition) is 0. The number of hydrogen-bond acceptors (Lipinski definition) is 5. The van der Waals surface area contributed by atoms with Gasteiger partial charge in [0.2, 0.25) is 10.0 Å². The van der Waals surface area contributed by atoms with Crippen LogP contribution in [0.1, 0.15) is 35.6 Å². The maximum Gasteiger partial charge on any atom is 0.246 e. The number of fused-ring (bicyclic) bond motifs is 1. The van der Waals surface area contributed by atoms with E-state index in [-0.39, 0.29) is 11.3 Å². The molecule has 9 heteroatoms. The van der Waals surface area contributed by atoms with Gasteiger partial charge in [-0.05, 0) is 48.9 Å². The van der Waals surface area contributed by atoms with Crippen LogP contribution in [0.15, 0.2) is 35.6 Å². The lowest BCUT2D eigenvalue weighted by molar-refractivity contribution is 0.318. The van der Waals surface area contributed by atoms with Gasteiger partial charge in [-0.1, -0.05) is 0 Å². The first-order valence-corrected chi connectivity index (χ1v) is 10.7. The number of nitriles is 1. The third kappa shape index (κ3) is 3.08. The summed E-state index contributed by atoms with van der Waals surface area (Å²) in [5.74, 6) is 0.299. The van der Waals surface area contributed by atoms with Crippen LogP contribution in [0.5, 0.6) is 0 Å². The third-order valence-electron chi connectivity index (χ3n) is 5.56. The van der Waals surface area contributed by atoms with E-state index in [9.17, 15) is 8.42 Å². The van der Waals surface area contributed by atoms with Gasteiger partial charge in [0, 0.05) is 32.5 Å². The van der Waals surface area contributed by atoms with Crippen LogP contribution in [0, 0.1) is 18.3 Å². The molecular weight excluding hydrogens is 376 g/mol. The van der Waals surface area contributed by atoms with E-state index < -0.39 is 10.0 Å². The van der Waals surface area contributed by atoms with Crippen molar-refractivity contribution < 1.29 is 8.42 Å². The van der Waals surface area contributed by atoms with Gasteiger partial charge in [-0.2, -0.15) is 19.8 Å². The molecule has 0 N–H and O–H groups in total. The quantitative estimate of drug-likeness (QED) is 0.670. The summed E-state index contributed by atoms with van der Waals surface area (Å²) in [5, 5.41) is 17.4. The van der Waals surface area contributed by atoms with Crippen molar-refractivity contribution in [2.45, 2.75) is 37.0 Å². The summed E-state index contributed by atoms with van der Waals surface area (Å²) in [7, 11) is -2.00. The average molecular weight is 398 g/mol. The van der Waals surface area contributed by atoms with Gasteiger partial charge in [-0.25, -0.2) is 12.9 Å². The molecule has 0 spiro atoms. The van der Waals surface area contributed by atoms with E-state index in [0.717, 1.165) is 18.4 Å². The molecule has 28 heavy (non-hydrogen) atoms. The molecule has 0 atom stereocenters. The Bertz CT molecular complexity index is 1160. The van der Waals surface area contributed by atoms with Crippen molar-refractivity contribution in [3.05, 3.63) is 47.5 Å². The Kier molecular flexibility index (Phi) is 4.69. The minimum absolute atomic E-state index is 0.0185. The Morgan fingerprint density at radius 3 is 2.75 bits per heavy atom. The highest BCUT2D eigenvalue weighted by molar-refractivity contribution is 7.89. The zero-order chi connectivity index (χ0) is 19.9. The van der Waals surface area contributed by atoms with Crippen molar-refractivity contribution >= 4 is 15.5 Å². The molecule has 146 valence electrons. The van der Waals surface area contributed by atoms with Crippen LogP contribution in [0.4, 0.5) is 0 Å². The predicted molar refractivity (Wildman–Crippen MR) is 103 cm³/mol. The highest BCUT2D eigenvalue weighted by atomic mass is 32.2. The summed E-state index contributed by atoms with van der Waals surface area (Å²) >= 11 is 0. The fraction of sp³-hybridized carbons (Fsp3) is 0.421. The minimum atomic E-state index is -3.65. The van der Waals surface area contributed by atoms with Gasteiger partial charge >= 0.3 is 0 Å². The fourth-order valence-corrected chi connectivity index (χ4v) is 5.65. The second kappa shape index (κ2) is 7.04. The summed E-state index contributed by atoms with van der Waals surface area (Å²) < 4.78 is 31.0. The zero-order valence-electron chi connectivity index (χ0n) is 15.9. The summed E-state index contributed by atoms with van der Waals surface area (Å²) in [5.41, 5.74) is 3.92. The van der Waals surface area contributed by atoms with E-state index in [2.05, 4.69) is 29.4 Å². The molecule has 0 unspecified atom stereocenters. The van der Waals surface area contributed by atoms with Crippen LogP contribution in [0.3, 0.4) is 0 Å². The maximum atomic E-state index is 13.1. The van der Waals surface area contributed by atoms with E-state index in [1.807, 2.05) is 16.7 Å². The smallest absolute Gasteiger partial charge is 0.246 e. The number of aryl methyl sites for hydroxylation is 2. The van der Waals surface area contributed by atoms with Crippen LogP contribution in [0.25, 0.3) is 5.52 Å². The van der Waals surface area contributed by atoms with Crippen molar-refractivity contribution in [1.29, 1.82) is 5.26 Å². The van der Waals surface area contributed by atoms with Crippen LogP contribution in [-0.4, -0.2) is 45.2 Å². The lowest BCUT2D eigenvalue weighted by Crippen LogP contribution is -2.38. The average Bonchev–Trinajstić information content (AvgIpc) is 3.28. The summed E-state index contributed by atoms with van der Waals surface area (Å²) in [6.07, 6.45) is 6.71. The predicted octanol–water partition coefficient (Wildman–Crippen LogP) is 2.01. The molecule has 3 aromatic rings. The molecule has 8 nitrogen and oxygen atoms in total. The molecule has 4 rings (SSSR count). The second-order valence-corrected chi connectivity index (χ2v) is 9.11. The Balaban J connectivity index is 1.55. The first-order chi connectivity index (χ1) is 13.4. The maximum absolute atomic E-state index is 13.1. The Hall–Kier alpha value is -2.70. The van der Waals surface area contributed by atoms with Crippen LogP contribution < -0.4 is 0 Å². The molecule has 0 amide bonds. The number of rotatable bonds is 4. The van der Waals surface area contributed by atoms with E-state index in [0.29, 0.717) is 24.7 Å². The van der Waals surface area contributed by atoms with Crippen molar-refractivity contribution in [2.24, 2.45) is 7.05 Å². The van der Waals surface area contributed by atoms with Gasteiger partial charge in [0.05, 0.1) is 29.9 Å². The summed E-state index contributed by atoms with van der Waals surface area (Å²) in [6, 6.07) is 6.11. The zero-order valence-corrected chi connectivity index (χ0v) is 16.7. The molecule has 1 saturated heterocycles. The molecule has 4 heterocycles. The second-order valence-electron chi connectivity index (χ2n) is 7.20. The van der Waals surface area contributed by atoms with Crippen LogP contribution >= 0.6 is 0 Å².